The Morgan fingerprint density at radius 2 is 1.85 bits per heavy atom. The second kappa shape index (κ2) is 8.49. The van der Waals surface area contributed by atoms with Crippen molar-refractivity contribution in [2.75, 3.05) is 7.11 Å². The molecule has 1 aromatic heterocycles. The SMILES string of the molecule is COc1cccc(OCc2csc(C(=O)NCc3ccc(F)cc3)c2)c1. The number of ether oxygens (including phenoxy) is 2. The Balaban J connectivity index is 1.53. The number of amides is 1. The highest BCUT2D eigenvalue weighted by Gasteiger charge is 2.09. The molecule has 0 unspecified atom stereocenters. The first kappa shape index (κ1) is 17.9. The summed E-state index contributed by atoms with van der Waals surface area (Å²) in [5.41, 5.74) is 1.77. The van der Waals surface area contributed by atoms with E-state index >= 15 is 0 Å². The molecule has 0 bridgehead atoms. The van der Waals surface area contributed by atoms with Crippen LogP contribution in [-0.2, 0) is 13.2 Å². The van der Waals surface area contributed by atoms with E-state index in [0.29, 0.717) is 23.8 Å². The van der Waals surface area contributed by atoms with E-state index in [2.05, 4.69) is 5.32 Å². The molecule has 0 radical (unpaired) electrons. The highest BCUT2D eigenvalue weighted by atomic mass is 32.1. The van der Waals surface area contributed by atoms with Gasteiger partial charge in [-0.25, -0.2) is 4.39 Å². The van der Waals surface area contributed by atoms with Gasteiger partial charge in [-0.1, -0.05) is 18.2 Å². The van der Waals surface area contributed by atoms with Gasteiger partial charge in [-0.2, -0.15) is 0 Å². The Morgan fingerprint density at radius 3 is 2.62 bits per heavy atom. The van der Waals surface area contributed by atoms with Gasteiger partial charge < -0.3 is 14.8 Å². The smallest absolute Gasteiger partial charge is 0.261 e. The van der Waals surface area contributed by atoms with E-state index in [1.807, 2.05) is 35.7 Å². The van der Waals surface area contributed by atoms with Crippen molar-refractivity contribution < 1.29 is 18.7 Å². The Kier molecular flexibility index (Phi) is 5.86. The second-order valence-electron chi connectivity index (χ2n) is 5.60. The lowest BCUT2D eigenvalue weighted by Crippen LogP contribution is -2.21. The lowest BCUT2D eigenvalue weighted by molar-refractivity contribution is 0.0955. The summed E-state index contributed by atoms with van der Waals surface area (Å²) < 4.78 is 23.8. The molecule has 0 fully saturated rings. The number of nitrogens with one attached hydrogen (secondary N) is 1. The van der Waals surface area contributed by atoms with Crippen LogP contribution in [0.25, 0.3) is 0 Å². The molecule has 26 heavy (non-hydrogen) atoms. The third-order valence-corrected chi connectivity index (χ3v) is 4.67. The monoisotopic (exact) mass is 371 g/mol. The van der Waals surface area contributed by atoms with Gasteiger partial charge in [0.25, 0.3) is 5.91 Å². The molecule has 0 atom stereocenters. The van der Waals surface area contributed by atoms with E-state index in [0.717, 1.165) is 16.9 Å². The minimum absolute atomic E-state index is 0.160. The molecule has 0 spiro atoms. The molecule has 4 nitrogen and oxygen atoms in total. The Bertz CT molecular complexity index is 877. The number of rotatable bonds is 7. The molecule has 0 saturated carbocycles. The van der Waals surface area contributed by atoms with Crippen molar-refractivity contribution in [2.45, 2.75) is 13.2 Å². The number of benzene rings is 2. The van der Waals surface area contributed by atoms with Crippen molar-refractivity contribution in [3.8, 4) is 11.5 Å². The van der Waals surface area contributed by atoms with Crippen LogP contribution in [0, 0.1) is 5.82 Å². The van der Waals surface area contributed by atoms with Crippen LogP contribution in [0.1, 0.15) is 20.8 Å². The zero-order chi connectivity index (χ0) is 18.4. The molecule has 1 N–H and O–H groups in total. The van der Waals surface area contributed by atoms with Gasteiger partial charge in [0.1, 0.15) is 23.9 Å². The predicted molar refractivity (Wildman–Crippen MR) is 99.2 cm³/mol. The summed E-state index contributed by atoms with van der Waals surface area (Å²) in [5, 5.41) is 4.72. The fraction of sp³-hybridized carbons (Fsp3) is 0.150. The molecule has 0 aliphatic rings. The normalized spacial score (nSPS) is 10.4. The molecule has 2 aromatic carbocycles. The molecule has 134 valence electrons. The fourth-order valence-corrected chi connectivity index (χ4v) is 3.11. The lowest BCUT2D eigenvalue weighted by Gasteiger charge is -2.06. The van der Waals surface area contributed by atoms with Crippen molar-refractivity contribution in [2.24, 2.45) is 0 Å². The van der Waals surface area contributed by atoms with Crippen LogP contribution in [0.15, 0.2) is 60.0 Å². The van der Waals surface area contributed by atoms with Crippen molar-refractivity contribution in [3.63, 3.8) is 0 Å². The molecular formula is C20H18FNO3S. The molecule has 6 heteroatoms. The van der Waals surface area contributed by atoms with Crippen molar-refractivity contribution in [3.05, 3.63) is 81.8 Å². The lowest BCUT2D eigenvalue weighted by atomic mass is 10.2. The van der Waals surface area contributed by atoms with Gasteiger partial charge in [0, 0.05) is 18.2 Å². The minimum Gasteiger partial charge on any atom is -0.497 e. The quantitative estimate of drug-likeness (QED) is 0.669. The fourth-order valence-electron chi connectivity index (χ4n) is 2.30. The number of hydrogen-bond donors (Lipinski definition) is 1. The average Bonchev–Trinajstić information content (AvgIpc) is 3.15. The third-order valence-electron chi connectivity index (χ3n) is 3.69. The summed E-state index contributed by atoms with van der Waals surface area (Å²) in [7, 11) is 1.61. The number of carbonyl (C=O) groups is 1. The van der Waals surface area contributed by atoms with Gasteiger partial charge in [-0.15, -0.1) is 11.3 Å². The maximum absolute atomic E-state index is 12.9. The molecule has 0 aliphatic carbocycles. The molecular weight excluding hydrogens is 353 g/mol. The number of hydrogen-bond acceptors (Lipinski definition) is 4. The van der Waals surface area contributed by atoms with Gasteiger partial charge in [0.2, 0.25) is 0 Å². The summed E-state index contributed by atoms with van der Waals surface area (Å²) in [5.74, 6) is 0.984. The van der Waals surface area contributed by atoms with Crippen LogP contribution in [0.3, 0.4) is 0 Å². The number of thiophene rings is 1. The molecule has 3 rings (SSSR count). The van der Waals surface area contributed by atoms with Crippen molar-refractivity contribution in [1.82, 2.24) is 5.32 Å². The van der Waals surface area contributed by atoms with E-state index < -0.39 is 0 Å². The maximum atomic E-state index is 12.9. The first-order valence-corrected chi connectivity index (χ1v) is 8.89. The van der Waals surface area contributed by atoms with Crippen LogP contribution in [0.4, 0.5) is 4.39 Å². The van der Waals surface area contributed by atoms with Crippen molar-refractivity contribution in [1.29, 1.82) is 0 Å². The number of methoxy groups -OCH3 is 1. The number of carbonyl (C=O) groups excluding carboxylic acids is 1. The largest absolute Gasteiger partial charge is 0.497 e. The first-order valence-electron chi connectivity index (χ1n) is 8.01. The van der Waals surface area contributed by atoms with Gasteiger partial charge >= 0.3 is 0 Å². The zero-order valence-corrected chi connectivity index (χ0v) is 15.0. The molecule has 0 saturated heterocycles. The third kappa shape index (κ3) is 4.83. The predicted octanol–water partition coefficient (Wildman–Crippen LogP) is 4.40. The van der Waals surface area contributed by atoms with Crippen LogP contribution < -0.4 is 14.8 Å². The van der Waals surface area contributed by atoms with E-state index in [9.17, 15) is 9.18 Å². The standard InChI is InChI=1S/C20H18FNO3S/c1-24-17-3-2-4-18(10-17)25-12-15-9-19(26-13-15)20(23)22-11-14-5-7-16(21)8-6-14/h2-10,13H,11-12H2,1H3,(H,22,23). The maximum Gasteiger partial charge on any atom is 0.261 e. The average molecular weight is 371 g/mol. The summed E-state index contributed by atoms with van der Waals surface area (Å²) >= 11 is 1.36. The molecule has 1 amide bonds. The summed E-state index contributed by atoms with van der Waals surface area (Å²) in [6, 6.07) is 15.2. The Labute approximate surface area is 155 Å². The van der Waals surface area contributed by atoms with Crippen LogP contribution in [0.5, 0.6) is 11.5 Å². The highest BCUT2D eigenvalue weighted by Crippen LogP contribution is 2.21. The van der Waals surface area contributed by atoms with Gasteiger partial charge in [0.05, 0.1) is 12.0 Å². The zero-order valence-electron chi connectivity index (χ0n) is 14.2. The molecule has 3 aromatic rings. The van der Waals surface area contributed by atoms with E-state index in [-0.39, 0.29) is 11.7 Å². The van der Waals surface area contributed by atoms with Gasteiger partial charge in [-0.3, -0.25) is 4.79 Å². The first-order chi connectivity index (χ1) is 12.6. The molecule has 0 aliphatic heterocycles. The van der Waals surface area contributed by atoms with Gasteiger partial charge in [0.15, 0.2) is 0 Å². The van der Waals surface area contributed by atoms with Crippen LogP contribution >= 0.6 is 11.3 Å². The Hall–Kier alpha value is -2.86. The summed E-state index contributed by atoms with van der Waals surface area (Å²) in [6.45, 7) is 0.724. The van der Waals surface area contributed by atoms with Crippen LogP contribution in [-0.4, -0.2) is 13.0 Å². The second-order valence-corrected chi connectivity index (χ2v) is 6.51. The Morgan fingerprint density at radius 1 is 1.08 bits per heavy atom. The van der Waals surface area contributed by atoms with Gasteiger partial charge in [-0.05, 0) is 41.3 Å². The van der Waals surface area contributed by atoms with Crippen molar-refractivity contribution >= 4 is 17.2 Å². The topological polar surface area (TPSA) is 47.6 Å². The van der Waals surface area contributed by atoms with Crippen LogP contribution in [0.2, 0.25) is 0 Å². The van der Waals surface area contributed by atoms with E-state index in [4.69, 9.17) is 9.47 Å². The summed E-state index contributed by atoms with van der Waals surface area (Å²) in [4.78, 5) is 12.8. The van der Waals surface area contributed by atoms with E-state index in [1.54, 1.807) is 19.2 Å². The highest BCUT2D eigenvalue weighted by molar-refractivity contribution is 7.12. The number of halogens is 1. The molecule has 1 heterocycles. The van der Waals surface area contributed by atoms with E-state index in [1.165, 1.54) is 23.5 Å². The summed E-state index contributed by atoms with van der Waals surface area (Å²) in [6.07, 6.45) is 0. The minimum atomic E-state index is -0.293.